The van der Waals surface area contributed by atoms with Crippen LogP contribution in [-0.4, -0.2) is 6.72 Å². The zero-order chi connectivity index (χ0) is 11.2. The molecule has 2 nitrogen and oxygen atoms in total. The van der Waals surface area contributed by atoms with Crippen LogP contribution in [0.4, 0.5) is 0 Å². The van der Waals surface area contributed by atoms with Crippen LogP contribution in [-0.2, 0) is 11.4 Å². The van der Waals surface area contributed by atoms with Gasteiger partial charge in [-0.25, -0.2) is 0 Å². The Kier molecular flexibility index (Phi) is 3.34. The Hall–Kier alpha value is -2.09. The van der Waals surface area contributed by atoms with Gasteiger partial charge in [0.25, 0.3) is 0 Å². The summed E-state index contributed by atoms with van der Waals surface area (Å²) in [6, 6.07) is 18.4. The summed E-state index contributed by atoms with van der Waals surface area (Å²) in [7, 11) is 0. The second-order valence-corrected chi connectivity index (χ2v) is 3.43. The third kappa shape index (κ3) is 2.28. The van der Waals surface area contributed by atoms with Crippen molar-refractivity contribution in [3.8, 4) is 11.1 Å². The van der Waals surface area contributed by atoms with Crippen molar-refractivity contribution in [2.24, 2.45) is 5.16 Å². The molecule has 0 aliphatic heterocycles. The molecule has 0 heterocycles. The van der Waals surface area contributed by atoms with Crippen LogP contribution in [0.15, 0.2) is 59.8 Å². The molecule has 0 aliphatic rings. The van der Waals surface area contributed by atoms with Crippen LogP contribution >= 0.6 is 0 Å². The van der Waals surface area contributed by atoms with Crippen molar-refractivity contribution in [2.45, 2.75) is 6.61 Å². The number of hydrogen-bond donors (Lipinski definition) is 0. The van der Waals surface area contributed by atoms with Crippen molar-refractivity contribution in [3.63, 3.8) is 0 Å². The number of nitrogens with zero attached hydrogens (tertiary/aromatic N) is 1. The third-order valence-corrected chi connectivity index (χ3v) is 2.41. The van der Waals surface area contributed by atoms with Crippen LogP contribution in [0, 0.1) is 0 Å². The van der Waals surface area contributed by atoms with Gasteiger partial charge >= 0.3 is 0 Å². The Morgan fingerprint density at radius 2 is 1.62 bits per heavy atom. The monoisotopic (exact) mass is 211 g/mol. The number of rotatable bonds is 4. The number of benzene rings is 2. The van der Waals surface area contributed by atoms with Gasteiger partial charge in [0.2, 0.25) is 0 Å². The summed E-state index contributed by atoms with van der Waals surface area (Å²) in [6.45, 7) is 3.76. The molecule has 2 heteroatoms. The molecule has 0 atom stereocenters. The highest BCUT2D eigenvalue weighted by Crippen LogP contribution is 2.23. The van der Waals surface area contributed by atoms with Crippen molar-refractivity contribution < 1.29 is 4.84 Å². The summed E-state index contributed by atoms with van der Waals surface area (Å²) in [5, 5.41) is 3.42. The highest BCUT2D eigenvalue weighted by Gasteiger charge is 2.03. The molecule has 0 saturated carbocycles. The van der Waals surface area contributed by atoms with E-state index in [2.05, 4.69) is 30.1 Å². The summed E-state index contributed by atoms with van der Waals surface area (Å²) in [5.74, 6) is 0. The Bertz CT molecular complexity index is 465. The zero-order valence-corrected chi connectivity index (χ0v) is 8.97. The first kappa shape index (κ1) is 10.4. The first-order chi connectivity index (χ1) is 7.92. The lowest BCUT2D eigenvalue weighted by atomic mass is 10.0. The minimum Gasteiger partial charge on any atom is -0.391 e. The summed E-state index contributed by atoms with van der Waals surface area (Å²) < 4.78 is 0. The molecule has 0 unspecified atom stereocenters. The van der Waals surface area contributed by atoms with Gasteiger partial charge in [0.1, 0.15) is 6.61 Å². The fourth-order valence-electron chi connectivity index (χ4n) is 1.66. The minimum atomic E-state index is 0.453. The van der Waals surface area contributed by atoms with E-state index in [9.17, 15) is 0 Å². The largest absolute Gasteiger partial charge is 0.391 e. The molecule has 0 aliphatic carbocycles. The molecule has 0 fully saturated rings. The highest BCUT2D eigenvalue weighted by atomic mass is 16.6. The van der Waals surface area contributed by atoms with E-state index in [4.69, 9.17) is 4.84 Å². The van der Waals surface area contributed by atoms with Gasteiger partial charge in [-0.3, -0.25) is 0 Å². The first-order valence-electron chi connectivity index (χ1n) is 5.13. The smallest absolute Gasteiger partial charge is 0.142 e. The summed E-state index contributed by atoms with van der Waals surface area (Å²) in [6.07, 6.45) is 0. The highest BCUT2D eigenvalue weighted by molar-refractivity contribution is 5.66. The van der Waals surface area contributed by atoms with E-state index in [0.29, 0.717) is 6.61 Å². The maximum atomic E-state index is 5.00. The molecule has 0 amide bonds. The number of hydrogen-bond acceptors (Lipinski definition) is 2. The lowest BCUT2D eigenvalue weighted by Gasteiger charge is -2.08. The van der Waals surface area contributed by atoms with Crippen LogP contribution in [0.25, 0.3) is 11.1 Å². The third-order valence-electron chi connectivity index (χ3n) is 2.41. The Morgan fingerprint density at radius 3 is 2.38 bits per heavy atom. The molecule has 0 aromatic heterocycles. The van der Waals surface area contributed by atoms with Gasteiger partial charge in [-0.1, -0.05) is 54.6 Å². The van der Waals surface area contributed by atoms with Gasteiger partial charge in [-0.05, 0) is 16.7 Å². The van der Waals surface area contributed by atoms with E-state index in [1.54, 1.807) is 0 Å². The van der Waals surface area contributed by atoms with Crippen LogP contribution in [0.3, 0.4) is 0 Å². The van der Waals surface area contributed by atoms with Crippen molar-refractivity contribution in [1.82, 2.24) is 0 Å². The maximum Gasteiger partial charge on any atom is 0.142 e. The van der Waals surface area contributed by atoms with Crippen molar-refractivity contribution >= 4 is 6.72 Å². The zero-order valence-electron chi connectivity index (χ0n) is 8.97. The predicted molar refractivity (Wildman–Crippen MR) is 66.2 cm³/mol. The second kappa shape index (κ2) is 5.12. The molecule has 0 bridgehead atoms. The Balaban J connectivity index is 2.36. The van der Waals surface area contributed by atoms with Gasteiger partial charge in [0, 0.05) is 6.72 Å². The fraction of sp³-hybridized carbons (Fsp3) is 0.0714. The molecular formula is C14H13NO. The lowest BCUT2D eigenvalue weighted by molar-refractivity contribution is 0.133. The average molecular weight is 211 g/mol. The topological polar surface area (TPSA) is 21.6 Å². The minimum absolute atomic E-state index is 0.453. The molecule has 0 spiro atoms. The molecule has 2 aromatic rings. The lowest BCUT2D eigenvalue weighted by Crippen LogP contribution is -1.90. The van der Waals surface area contributed by atoms with E-state index in [0.717, 1.165) is 5.56 Å². The molecule has 80 valence electrons. The Labute approximate surface area is 95.2 Å². The van der Waals surface area contributed by atoms with Crippen LogP contribution < -0.4 is 0 Å². The van der Waals surface area contributed by atoms with Crippen LogP contribution in [0.1, 0.15) is 5.56 Å². The first-order valence-corrected chi connectivity index (χ1v) is 5.13. The predicted octanol–water partition coefficient (Wildman–Crippen LogP) is 3.49. The molecule has 16 heavy (non-hydrogen) atoms. The quantitative estimate of drug-likeness (QED) is 0.560. The van der Waals surface area contributed by atoms with Crippen molar-refractivity contribution in [1.29, 1.82) is 0 Å². The molecule has 2 aromatic carbocycles. The van der Waals surface area contributed by atoms with Gasteiger partial charge in [-0.15, -0.1) is 5.16 Å². The summed E-state index contributed by atoms with van der Waals surface area (Å²) in [5.41, 5.74) is 3.47. The van der Waals surface area contributed by atoms with E-state index >= 15 is 0 Å². The maximum absolute atomic E-state index is 5.00. The van der Waals surface area contributed by atoms with Gasteiger partial charge in [0.15, 0.2) is 0 Å². The van der Waals surface area contributed by atoms with E-state index in [-0.39, 0.29) is 0 Å². The van der Waals surface area contributed by atoms with E-state index in [1.165, 1.54) is 11.1 Å². The average Bonchev–Trinajstić information content (AvgIpc) is 2.38. The van der Waals surface area contributed by atoms with E-state index < -0.39 is 0 Å². The molecule has 0 radical (unpaired) electrons. The van der Waals surface area contributed by atoms with Crippen LogP contribution in [0.5, 0.6) is 0 Å². The van der Waals surface area contributed by atoms with Crippen molar-refractivity contribution in [3.05, 3.63) is 60.2 Å². The molecular weight excluding hydrogens is 198 g/mol. The molecule has 0 N–H and O–H groups in total. The van der Waals surface area contributed by atoms with Crippen LogP contribution in [0.2, 0.25) is 0 Å². The molecule has 2 rings (SSSR count). The second-order valence-electron chi connectivity index (χ2n) is 3.43. The van der Waals surface area contributed by atoms with Gasteiger partial charge < -0.3 is 4.84 Å². The summed E-state index contributed by atoms with van der Waals surface area (Å²) >= 11 is 0. The number of oxime groups is 1. The SMILES string of the molecule is C=NOCc1ccccc1-c1ccccc1. The van der Waals surface area contributed by atoms with E-state index in [1.807, 2.05) is 36.4 Å². The van der Waals surface area contributed by atoms with Crippen molar-refractivity contribution in [2.75, 3.05) is 0 Å². The van der Waals surface area contributed by atoms with Gasteiger partial charge in [-0.2, -0.15) is 0 Å². The fourth-order valence-corrected chi connectivity index (χ4v) is 1.66. The normalized spacial score (nSPS) is 9.75. The Morgan fingerprint density at radius 1 is 0.938 bits per heavy atom. The summed E-state index contributed by atoms with van der Waals surface area (Å²) in [4.78, 5) is 5.00. The van der Waals surface area contributed by atoms with Gasteiger partial charge in [0.05, 0.1) is 0 Å². The standard InChI is InChI=1S/C14H13NO/c1-15-16-11-13-9-5-6-10-14(13)12-7-3-2-4-8-12/h2-10H,1,11H2. The molecule has 0 saturated heterocycles.